The Hall–Kier alpha value is -1.30. The van der Waals surface area contributed by atoms with Gasteiger partial charge in [0, 0.05) is 24.9 Å². The van der Waals surface area contributed by atoms with Gasteiger partial charge >= 0.3 is 0 Å². The van der Waals surface area contributed by atoms with Crippen molar-refractivity contribution < 1.29 is 14.3 Å². The van der Waals surface area contributed by atoms with Crippen molar-refractivity contribution in [3.8, 4) is 5.75 Å². The summed E-state index contributed by atoms with van der Waals surface area (Å²) in [6.45, 7) is 5.70. The van der Waals surface area contributed by atoms with E-state index in [-0.39, 0.29) is 24.4 Å². The molecule has 2 N–H and O–H groups in total. The first-order valence-electron chi connectivity index (χ1n) is 9.06. The van der Waals surface area contributed by atoms with Crippen LogP contribution in [0.3, 0.4) is 0 Å². The van der Waals surface area contributed by atoms with Gasteiger partial charge in [0.05, 0.1) is 13.2 Å². The number of benzene rings is 1. The standard InChI is InChI=1S/C19H28N2O3.ClH/c1-14-12-16(21-19(22)5-2-15-6-9-20-13-15)3-4-18(14)24-17-7-10-23-11-8-17;/h3-4,12,15,17,20H,2,5-11,13H2,1H3,(H,21,22);1H. The van der Waals surface area contributed by atoms with E-state index in [1.54, 1.807) is 0 Å². The molecule has 0 saturated carbocycles. The van der Waals surface area contributed by atoms with E-state index in [1.165, 1.54) is 6.42 Å². The van der Waals surface area contributed by atoms with Crippen LogP contribution < -0.4 is 15.4 Å². The van der Waals surface area contributed by atoms with Gasteiger partial charge in [-0.2, -0.15) is 0 Å². The smallest absolute Gasteiger partial charge is 0.224 e. The van der Waals surface area contributed by atoms with Gasteiger partial charge in [0.25, 0.3) is 0 Å². The van der Waals surface area contributed by atoms with E-state index < -0.39 is 0 Å². The van der Waals surface area contributed by atoms with Gasteiger partial charge in [0.2, 0.25) is 5.91 Å². The molecular weight excluding hydrogens is 340 g/mol. The molecule has 2 fully saturated rings. The number of nitrogens with one attached hydrogen (secondary N) is 2. The Morgan fingerprint density at radius 3 is 2.80 bits per heavy atom. The summed E-state index contributed by atoms with van der Waals surface area (Å²) in [6, 6.07) is 5.88. The first kappa shape index (κ1) is 20.0. The Morgan fingerprint density at radius 1 is 1.32 bits per heavy atom. The first-order chi connectivity index (χ1) is 11.7. The predicted octanol–water partition coefficient (Wildman–Crippen LogP) is 3.30. The normalized spacial score (nSPS) is 20.8. The lowest BCUT2D eigenvalue weighted by Crippen LogP contribution is -2.26. The van der Waals surface area contributed by atoms with Crippen molar-refractivity contribution in [2.75, 3.05) is 31.6 Å². The van der Waals surface area contributed by atoms with E-state index >= 15 is 0 Å². The van der Waals surface area contributed by atoms with Crippen molar-refractivity contribution >= 4 is 24.0 Å². The van der Waals surface area contributed by atoms with Gasteiger partial charge in [0.1, 0.15) is 11.9 Å². The molecule has 3 rings (SSSR count). The molecule has 0 bridgehead atoms. The van der Waals surface area contributed by atoms with Crippen LogP contribution >= 0.6 is 12.4 Å². The van der Waals surface area contributed by atoms with E-state index in [1.807, 2.05) is 25.1 Å². The van der Waals surface area contributed by atoms with Crippen LogP contribution in [0.25, 0.3) is 0 Å². The van der Waals surface area contributed by atoms with Crippen molar-refractivity contribution in [2.24, 2.45) is 5.92 Å². The van der Waals surface area contributed by atoms with Crippen LogP contribution in [0.5, 0.6) is 5.75 Å². The summed E-state index contributed by atoms with van der Waals surface area (Å²) in [7, 11) is 0. The molecule has 1 atom stereocenters. The topological polar surface area (TPSA) is 59.6 Å². The minimum absolute atomic E-state index is 0. The van der Waals surface area contributed by atoms with Crippen LogP contribution in [0, 0.1) is 12.8 Å². The fourth-order valence-electron chi connectivity index (χ4n) is 3.35. The molecule has 25 heavy (non-hydrogen) atoms. The van der Waals surface area contributed by atoms with Gasteiger partial charge in [-0.1, -0.05) is 0 Å². The number of halogens is 1. The number of carbonyl (C=O) groups excluding carboxylic acids is 1. The largest absolute Gasteiger partial charge is 0.490 e. The molecular formula is C19H29ClN2O3. The number of aryl methyl sites for hydroxylation is 1. The van der Waals surface area contributed by atoms with Crippen LogP contribution in [0.2, 0.25) is 0 Å². The van der Waals surface area contributed by atoms with E-state index in [0.29, 0.717) is 12.3 Å². The zero-order valence-electron chi connectivity index (χ0n) is 14.9. The number of carbonyl (C=O) groups is 1. The zero-order valence-corrected chi connectivity index (χ0v) is 15.7. The third-order valence-corrected chi connectivity index (χ3v) is 4.86. The second kappa shape index (κ2) is 10.00. The molecule has 140 valence electrons. The average Bonchev–Trinajstić information content (AvgIpc) is 3.10. The highest BCUT2D eigenvalue weighted by Crippen LogP contribution is 2.25. The number of ether oxygens (including phenoxy) is 2. The molecule has 2 aliphatic heterocycles. The number of amides is 1. The summed E-state index contributed by atoms with van der Waals surface area (Å²) in [5, 5.41) is 6.34. The molecule has 0 spiro atoms. The summed E-state index contributed by atoms with van der Waals surface area (Å²) in [4.78, 5) is 12.1. The third-order valence-electron chi connectivity index (χ3n) is 4.86. The number of hydrogen-bond donors (Lipinski definition) is 2. The molecule has 2 aliphatic rings. The fraction of sp³-hybridized carbons (Fsp3) is 0.632. The highest BCUT2D eigenvalue weighted by molar-refractivity contribution is 5.90. The molecule has 5 nitrogen and oxygen atoms in total. The molecule has 0 aliphatic carbocycles. The number of rotatable bonds is 6. The van der Waals surface area contributed by atoms with Crippen molar-refractivity contribution in [1.82, 2.24) is 5.32 Å². The predicted molar refractivity (Wildman–Crippen MR) is 102 cm³/mol. The fourth-order valence-corrected chi connectivity index (χ4v) is 3.35. The monoisotopic (exact) mass is 368 g/mol. The Kier molecular flexibility index (Phi) is 8.00. The van der Waals surface area contributed by atoms with Gasteiger partial charge in [-0.25, -0.2) is 0 Å². The van der Waals surface area contributed by atoms with Gasteiger partial charge < -0.3 is 20.1 Å². The maximum atomic E-state index is 12.1. The third kappa shape index (κ3) is 6.17. The Balaban J connectivity index is 0.00000225. The molecule has 2 heterocycles. The molecule has 1 unspecified atom stereocenters. The molecule has 2 saturated heterocycles. The van der Waals surface area contributed by atoms with Crippen molar-refractivity contribution in [3.05, 3.63) is 23.8 Å². The Bertz CT molecular complexity index is 556. The summed E-state index contributed by atoms with van der Waals surface area (Å²) >= 11 is 0. The summed E-state index contributed by atoms with van der Waals surface area (Å²) in [6.07, 6.45) is 4.85. The van der Waals surface area contributed by atoms with Crippen LogP contribution in [0.4, 0.5) is 5.69 Å². The minimum atomic E-state index is 0. The van der Waals surface area contributed by atoms with Gasteiger partial charge in [-0.15, -0.1) is 12.4 Å². The summed E-state index contributed by atoms with van der Waals surface area (Å²) in [5.74, 6) is 1.64. The highest BCUT2D eigenvalue weighted by Gasteiger charge is 2.17. The van der Waals surface area contributed by atoms with Crippen molar-refractivity contribution in [3.63, 3.8) is 0 Å². The van der Waals surface area contributed by atoms with E-state index in [0.717, 1.165) is 62.6 Å². The van der Waals surface area contributed by atoms with Crippen LogP contribution in [-0.2, 0) is 9.53 Å². The van der Waals surface area contributed by atoms with E-state index in [9.17, 15) is 4.79 Å². The van der Waals surface area contributed by atoms with Crippen molar-refractivity contribution in [1.29, 1.82) is 0 Å². The average molecular weight is 369 g/mol. The van der Waals surface area contributed by atoms with Gasteiger partial charge in [-0.05, 0) is 62.5 Å². The van der Waals surface area contributed by atoms with E-state index in [2.05, 4.69) is 10.6 Å². The molecule has 6 heteroatoms. The Labute approximate surface area is 156 Å². The quantitative estimate of drug-likeness (QED) is 0.808. The second-order valence-electron chi connectivity index (χ2n) is 6.86. The summed E-state index contributed by atoms with van der Waals surface area (Å²) in [5.41, 5.74) is 1.90. The van der Waals surface area contributed by atoms with Crippen LogP contribution in [-0.4, -0.2) is 38.3 Å². The SMILES string of the molecule is Cc1cc(NC(=O)CCC2CCNC2)ccc1OC1CCOCC1.Cl. The first-order valence-corrected chi connectivity index (χ1v) is 9.06. The highest BCUT2D eigenvalue weighted by atomic mass is 35.5. The maximum Gasteiger partial charge on any atom is 0.224 e. The minimum Gasteiger partial charge on any atom is -0.490 e. The van der Waals surface area contributed by atoms with Gasteiger partial charge in [0.15, 0.2) is 0 Å². The lowest BCUT2D eigenvalue weighted by atomic mass is 10.0. The molecule has 0 radical (unpaired) electrons. The van der Waals surface area contributed by atoms with Crippen LogP contribution in [0.1, 0.15) is 37.7 Å². The lowest BCUT2D eigenvalue weighted by Gasteiger charge is -2.24. The van der Waals surface area contributed by atoms with E-state index in [4.69, 9.17) is 9.47 Å². The second-order valence-corrected chi connectivity index (χ2v) is 6.86. The number of anilines is 1. The maximum absolute atomic E-state index is 12.1. The number of hydrogen-bond acceptors (Lipinski definition) is 4. The molecule has 1 amide bonds. The lowest BCUT2D eigenvalue weighted by molar-refractivity contribution is -0.116. The molecule has 0 aromatic heterocycles. The Morgan fingerprint density at radius 2 is 2.12 bits per heavy atom. The summed E-state index contributed by atoms with van der Waals surface area (Å²) < 4.78 is 11.4. The molecule has 1 aromatic carbocycles. The van der Waals surface area contributed by atoms with Gasteiger partial charge in [-0.3, -0.25) is 4.79 Å². The molecule has 1 aromatic rings. The van der Waals surface area contributed by atoms with Crippen LogP contribution in [0.15, 0.2) is 18.2 Å². The zero-order chi connectivity index (χ0) is 16.8. The van der Waals surface area contributed by atoms with Crippen molar-refractivity contribution in [2.45, 2.75) is 45.1 Å².